The normalized spacial score (nSPS) is 13.3. The standard InChI is InChI=1S/C14H20NSi/c1-14(2,3)16(4,5)15-11-10-12-8-6-7-9-13(12)15/h6-9,11H,1-5H3. The predicted molar refractivity (Wildman–Crippen MR) is 73.4 cm³/mol. The minimum atomic E-state index is -1.51. The summed E-state index contributed by atoms with van der Waals surface area (Å²) in [6, 6.07) is 11.9. The lowest BCUT2D eigenvalue weighted by Gasteiger charge is -2.38. The molecule has 0 saturated carbocycles. The molecule has 0 N–H and O–H groups in total. The Morgan fingerprint density at radius 2 is 1.75 bits per heavy atom. The smallest absolute Gasteiger partial charge is 0.161 e. The summed E-state index contributed by atoms with van der Waals surface area (Å²) in [6.07, 6.45) is 2.14. The van der Waals surface area contributed by atoms with Crippen molar-refractivity contribution in [1.82, 2.24) is 4.23 Å². The highest BCUT2D eigenvalue weighted by Gasteiger charge is 2.37. The van der Waals surface area contributed by atoms with E-state index in [-0.39, 0.29) is 0 Å². The number of benzene rings is 1. The summed E-state index contributed by atoms with van der Waals surface area (Å²) in [4.78, 5) is 0. The summed E-state index contributed by atoms with van der Waals surface area (Å²) in [5, 5.41) is 1.58. The van der Waals surface area contributed by atoms with Crippen LogP contribution in [-0.4, -0.2) is 12.5 Å². The van der Waals surface area contributed by atoms with E-state index in [9.17, 15) is 0 Å². The monoisotopic (exact) mass is 230 g/mol. The molecule has 0 amide bonds. The minimum Gasteiger partial charge on any atom is -0.373 e. The van der Waals surface area contributed by atoms with Gasteiger partial charge in [-0.25, -0.2) is 0 Å². The van der Waals surface area contributed by atoms with E-state index in [0.717, 1.165) is 0 Å². The second-order valence-corrected chi connectivity index (χ2v) is 11.1. The van der Waals surface area contributed by atoms with Gasteiger partial charge in [0.1, 0.15) is 0 Å². The van der Waals surface area contributed by atoms with E-state index in [2.05, 4.69) is 74.6 Å². The molecule has 1 aromatic heterocycles. The van der Waals surface area contributed by atoms with Gasteiger partial charge in [-0.3, -0.25) is 0 Å². The molecule has 2 aromatic rings. The highest BCUT2D eigenvalue weighted by Crippen LogP contribution is 2.38. The molecule has 0 bridgehead atoms. The number of para-hydroxylation sites is 1. The van der Waals surface area contributed by atoms with Crippen LogP contribution in [0.2, 0.25) is 18.1 Å². The van der Waals surface area contributed by atoms with Crippen molar-refractivity contribution in [2.24, 2.45) is 0 Å². The maximum absolute atomic E-state index is 3.36. The van der Waals surface area contributed by atoms with Gasteiger partial charge in [0, 0.05) is 23.2 Å². The fourth-order valence-electron chi connectivity index (χ4n) is 1.83. The molecule has 0 aliphatic rings. The molecule has 1 radical (unpaired) electrons. The van der Waals surface area contributed by atoms with E-state index in [0.29, 0.717) is 5.04 Å². The summed E-state index contributed by atoms with van der Waals surface area (Å²) in [6.45, 7) is 11.9. The number of rotatable bonds is 1. The molecule has 1 nitrogen and oxygen atoms in total. The molecule has 0 spiro atoms. The highest BCUT2D eigenvalue weighted by atomic mass is 28.3. The largest absolute Gasteiger partial charge is 0.373 e. The zero-order valence-electron chi connectivity index (χ0n) is 10.8. The van der Waals surface area contributed by atoms with Gasteiger partial charge in [-0.1, -0.05) is 52.1 Å². The van der Waals surface area contributed by atoms with Crippen molar-refractivity contribution in [3.8, 4) is 0 Å². The molecular formula is C14H20NSi. The van der Waals surface area contributed by atoms with Crippen molar-refractivity contribution in [2.75, 3.05) is 0 Å². The van der Waals surface area contributed by atoms with Crippen LogP contribution in [0.1, 0.15) is 20.8 Å². The molecule has 0 aliphatic heterocycles. The fraction of sp³-hybridized carbons (Fsp3) is 0.429. The van der Waals surface area contributed by atoms with Gasteiger partial charge in [-0.05, 0) is 11.1 Å². The number of hydrogen-bond donors (Lipinski definition) is 0. The second-order valence-electron chi connectivity index (χ2n) is 5.97. The van der Waals surface area contributed by atoms with Crippen molar-refractivity contribution < 1.29 is 0 Å². The van der Waals surface area contributed by atoms with E-state index in [4.69, 9.17) is 0 Å². The molecule has 0 saturated heterocycles. The first-order chi connectivity index (χ1) is 7.34. The molecule has 0 atom stereocenters. The van der Waals surface area contributed by atoms with Crippen molar-refractivity contribution in [1.29, 1.82) is 0 Å². The Labute approximate surface area is 99.2 Å². The van der Waals surface area contributed by atoms with Crippen LogP contribution in [0, 0.1) is 6.07 Å². The third-order valence-electron chi connectivity index (χ3n) is 3.95. The Bertz CT molecular complexity index is 503. The molecule has 85 valence electrons. The molecule has 2 rings (SSSR count). The third-order valence-corrected chi connectivity index (χ3v) is 9.20. The van der Waals surface area contributed by atoms with Crippen molar-refractivity contribution in [3.63, 3.8) is 0 Å². The first kappa shape index (κ1) is 11.5. The third kappa shape index (κ3) is 1.61. The van der Waals surface area contributed by atoms with Gasteiger partial charge in [0.2, 0.25) is 0 Å². The molecule has 2 heteroatoms. The van der Waals surface area contributed by atoms with Crippen LogP contribution in [0.25, 0.3) is 10.9 Å². The van der Waals surface area contributed by atoms with Crippen LogP contribution in [0.5, 0.6) is 0 Å². The first-order valence-corrected chi connectivity index (χ1v) is 8.77. The highest BCUT2D eigenvalue weighted by molar-refractivity contribution is 6.79. The molecule has 0 unspecified atom stereocenters. The molecular weight excluding hydrogens is 210 g/mol. The summed E-state index contributed by atoms with van der Waals surface area (Å²) in [5.41, 5.74) is 1.33. The lowest BCUT2D eigenvalue weighted by Crippen LogP contribution is -2.44. The molecule has 0 aliphatic carbocycles. The maximum Gasteiger partial charge on any atom is 0.161 e. The average Bonchev–Trinajstić information content (AvgIpc) is 2.59. The van der Waals surface area contributed by atoms with E-state index in [1.54, 1.807) is 0 Å². The second kappa shape index (κ2) is 3.49. The van der Waals surface area contributed by atoms with E-state index in [1.807, 2.05) is 0 Å². The average molecular weight is 230 g/mol. The quantitative estimate of drug-likeness (QED) is 0.644. The maximum atomic E-state index is 3.36. The minimum absolute atomic E-state index is 0.350. The molecule has 1 heterocycles. The van der Waals surface area contributed by atoms with Gasteiger partial charge < -0.3 is 4.23 Å². The van der Waals surface area contributed by atoms with Crippen LogP contribution in [-0.2, 0) is 0 Å². The Balaban J connectivity index is 2.64. The molecule has 1 aromatic carbocycles. The Kier molecular flexibility index (Phi) is 2.50. The lowest BCUT2D eigenvalue weighted by atomic mass is 10.2. The van der Waals surface area contributed by atoms with Crippen molar-refractivity contribution in [3.05, 3.63) is 36.5 Å². The van der Waals surface area contributed by atoms with Gasteiger partial charge in [0.15, 0.2) is 8.24 Å². The van der Waals surface area contributed by atoms with Crippen LogP contribution in [0.4, 0.5) is 0 Å². The van der Waals surface area contributed by atoms with Crippen LogP contribution in [0.3, 0.4) is 0 Å². The van der Waals surface area contributed by atoms with E-state index in [1.165, 1.54) is 10.9 Å². The summed E-state index contributed by atoms with van der Waals surface area (Å²) in [5.74, 6) is 0. The number of fused-ring (bicyclic) bond motifs is 1. The van der Waals surface area contributed by atoms with Crippen LogP contribution >= 0.6 is 0 Å². The van der Waals surface area contributed by atoms with Crippen molar-refractivity contribution in [2.45, 2.75) is 38.9 Å². The zero-order valence-corrected chi connectivity index (χ0v) is 11.8. The molecule has 16 heavy (non-hydrogen) atoms. The van der Waals surface area contributed by atoms with Gasteiger partial charge in [-0.15, -0.1) is 0 Å². The van der Waals surface area contributed by atoms with Crippen LogP contribution < -0.4 is 0 Å². The van der Waals surface area contributed by atoms with Gasteiger partial charge >= 0.3 is 0 Å². The predicted octanol–water partition coefficient (Wildman–Crippen LogP) is 4.29. The topological polar surface area (TPSA) is 4.93 Å². The number of aromatic nitrogens is 1. The Morgan fingerprint density at radius 1 is 1.12 bits per heavy atom. The zero-order chi connectivity index (χ0) is 12.0. The van der Waals surface area contributed by atoms with E-state index < -0.39 is 8.24 Å². The van der Waals surface area contributed by atoms with Crippen LogP contribution in [0.15, 0.2) is 30.5 Å². The Hall–Kier alpha value is -1.02. The Morgan fingerprint density at radius 3 is 2.38 bits per heavy atom. The van der Waals surface area contributed by atoms with Gasteiger partial charge in [0.25, 0.3) is 0 Å². The lowest BCUT2D eigenvalue weighted by molar-refractivity contribution is 0.703. The molecule has 0 fully saturated rings. The summed E-state index contributed by atoms with van der Waals surface area (Å²) in [7, 11) is -1.51. The number of nitrogens with zero attached hydrogens (tertiary/aromatic N) is 1. The van der Waals surface area contributed by atoms with Gasteiger partial charge in [0.05, 0.1) is 0 Å². The SMILES string of the molecule is CC(C)(C)[Si](C)(C)n1c[c]c2ccccc21. The first-order valence-electron chi connectivity index (χ1n) is 5.82. The van der Waals surface area contributed by atoms with Gasteiger partial charge in [-0.2, -0.15) is 0 Å². The number of hydrogen-bond acceptors (Lipinski definition) is 0. The fourth-order valence-corrected chi connectivity index (χ4v) is 3.74. The summed E-state index contributed by atoms with van der Waals surface area (Å²) < 4.78 is 2.47. The van der Waals surface area contributed by atoms with Crippen molar-refractivity contribution >= 4 is 19.1 Å². The summed E-state index contributed by atoms with van der Waals surface area (Å²) >= 11 is 0. The van der Waals surface area contributed by atoms with E-state index >= 15 is 0 Å².